The highest BCUT2D eigenvalue weighted by Gasteiger charge is 2.65. The lowest BCUT2D eigenvalue weighted by Crippen LogP contribution is -2.58. The number of aliphatic hydroxyl groups is 1. The number of rotatable bonds is 2. The molecule has 3 aliphatic rings. The van der Waals surface area contributed by atoms with Crippen molar-refractivity contribution >= 4 is 5.97 Å². The van der Waals surface area contributed by atoms with E-state index in [1.165, 1.54) is 18.1 Å². The van der Waals surface area contributed by atoms with Gasteiger partial charge in [0.25, 0.3) is 0 Å². The Bertz CT molecular complexity index is 699. The summed E-state index contributed by atoms with van der Waals surface area (Å²) < 4.78 is 11.0. The summed E-state index contributed by atoms with van der Waals surface area (Å²) in [5.74, 6) is 1.31. The Morgan fingerprint density at radius 1 is 1.24 bits per heavy atom. The monoisotopic (exact) mass is 344 g/mol. The van der Waals surface area contributed by atoms with Crippen molar-refractivity contribution in [2.45, 2.75) is 70.0 Å². The van der Waals surface area contributed by atoms with Gasteiger partial charge in [0, 0.05) is 12.3 Å². The maximum Gasteiger partial charge on any atom is 0.302 e. The van der Waals surface area contributed by atoms with Gasteiger partial charge in [-0.2, -0.15) is 0 Å². The van der Waals surface area contributed by atoms with E-state index in [1.807, 2.05) is 6.07 Å². The highest BCUT2D eigenvalue weighted by molar-refractivity contribution is 5.66. The average molecular weight is 344 g/mol. The van der Waals surface area contributed by atoms with E-state index in [1.54, 1.807) is 7.11 Å². The summed E-state index contributed by atoms with van der Waals surface area (Å²) in [6.45, 7) is 3.60. The molecular weight excluding hydrogens is 316 g/mol. The van der Waals surface area contributed by atoms with Crippen LogP contribution in [0.4, 0.5) is 0 Å². The molecule has 1 aromatic rings. The molecule has 0 radical (unpaired) electrons. The van der Waals surface area contributed by atoms with Gasteiger partial charge in [-0.25, -0.2) is 0 Å². The second-order valence-corrected chi connectivity index (χ2v) is 8.33. The summed E-state index contributed by atoms with van der Waals surface area (Å²) in [7, 11) is 1.70. The van der Waals surface area contributed by atoms with Gasteiger partial charge in [0.2, 0.25) is 0 Å². The van der Waals surface area contributed by atoms with E-state index in [4.69, 9.17) is 9.47 Å². The summed E-state index contributed by atoms with van der Waals surface area (Å²) >= 11 is 0. The Labute approximate surface area is 149 Å². The van der Waals surface area contributed by atoms with Crippen LogP contribution in [0.5, 0.6) is 5.75 Å². The quantitative estimate of drug-likeness (QED) is 0.833. The predicted octanol–water partition coefficient (Wildman–Crippen LogP) is 3.60. The maximum atomic E-state index is 11.8. The lowest BCUT2D eigenvalue weighted by Gasteiger charge is -2.55. The fourth-order valence-electron chi connectivity index (χ4n) is 6.01. The van der Waals surface area contributed by atoms with Gasteiger partial charge >= 0.3 is 5.97 Å². The highest BCUT2D eigenvalue weighted by atomic mass is 16.5. The number of carbonyl (C=O) groups is 1. The average Bonchev–Trinajstić information content (AvgIpc) is 2.85. The number of carbonyl (C=O) groups excluding carboxylic acids is 1. The Hall–Kier alpha value is -1.55. The number of aryl methyl sites for hydroxylation is 1. The minimum Gasteiger partial charge on any atom is -0.497 e. The first kappa shape index (κ1) is 16.9. The SMILES string of the molecule is COc1ccc2c(c1)CC[C@@H]1[C@@H]2CC[C@]2(C)[C@H](OC(C)=O)CC[C@]12O. The molecule has 2 saturated carbocycles. The minimum absolute atomic E-state index is 0.159. The lowest BCUT2D eigenvalue weighted by molar-refractivity contribution is -0.181. The van der Waals surface area contributed by atoms with E-state index in [2.05, 4.69) is 19.1 Å². The van der Waals surface area contributed by atoms with Crippen molar-refractivity contribution in [1.29, 1.82) is 0 Å². The van der Waals surface area contributed by atoms with Gasteiger partial charge < -0.3 is 14.6 Å². The van der Waals surface area contributed by atoms with Crippen LogP contribution >= 0.6 is 0 Å². The zero-order chi connectivity index (χ0) is 17.8. The van der Waals surface area contributed by atoms with Gasteiger partial charge in [-0.15, -0.1) is 0 Å². The molecule has 0 heterocycles. The van der Waals surface area contributed by atoms with Crippen molar-refractivity contribution in [1.82, 2.24) is 0 Å². The number of hydrogen-bond acceptors (Lipinski definition) is 4. The molecule has 4 nitrogen and oxygen atoms in total. The van der Waals surface area contributed by atoms with E-state index < -0.39 is 5.60 Å². The molecule has 4 heteroatoms. The van der Waals surface area contributed by atoms with E-state index in [9.17, 15) is 9.90 Å². The topological polar surface area (TPSA) is 55.8 Å². The summed E-state index contributed by atoms with van der Waals surface area (Å²) in [5.41, 5.74) is 1.67. The predicted molar refractivity (Wildman–Crippen MR) is 94.6 cm³/mol. The molecule has 0 unspecified atom stereocenters. The van der Waals surface area contributed by atoms with Crippen LogP contribution in [0.3, 0.4) is 0 Å². The lowest BCUT2D eigenvalue weighted by atomic mass is 9.53. The Kier molecular flexibility index (Phi) is 3.87. The van der Waals surface area contributed by atoms with Crippen molar-refractivity contribution in [3.8, 4) is 5.75 Å². The van der Waals surface area contributed by atoms with Gasteiger partial charge in [-0.1, -0.05) is 13.0 Å². The third-order valence-corrected chi connectivity index (χ3v) is 7.34. The van der Waals surface area contributed by atoms with Crippen LogP contribution in [-0.2, 0) is 16.0 Å². The molecule has 3 aliphatic carbocycles. The number of benzene rings is 1. The third-order valence-electron chi connectivity index (χ3n) is 7.34. The van der Waals surface area contributed by atoms with E-state index in [0.29, 0.717) is 5.92 Å². The van der Waals surface area contributed by atoms with Crippen molar-refractivity contribution < 1.29 is 19.4 Å². The molecule has 25 heavy (non-hydrogen) atoms. The second kappa shape index (κ2) is 5.73. The van der Waals surface area contributed by atoms with Gasteiger partial charge in [-0.3, -0.25) is 4.79 Å². The van der Waals surface area contributed by atoms with Crippen molar-refractivity contribution in [3.05, 3.63) is 29.3 Å². The molecular formula is C21H28O4. The van der Waals surface area contributed by atoms with E-state index >= 15 is 0 Å². The molecule has 2 fully saturated rings. The first-order chi connectivity index (χ1) is 11.9. The zero-order valence-corrected chi connectivity index (χ0v) is 15.4. The van der Waals surface area contributed by atoms with Gasteiger partial charge in [0.1, 0.15) is 11.9 Å². The summed E-state index contributed by atoms with van der Waals surface area (Å²) in [5, 5.41) is 11.8. The van der Waals surface area contributed by atoms with Crippen LogP contribution in [0, 0.1) is 11.3 Å². The molecule has 0 amide bonds. The normalized spacial score (nSPS) is 39.1. The molecule has 1 N–H and O–H groups in total. The van der Waals surface area contributed by atoms with Crippen molar-refractivity contribution in [3.63, 3.8) is 0 Å². The summed E-state index contributed by atoms with van der Waals surface area (Å²) in [6, 6.07) is 6.38. The molecule has 136 valence electrons. The van der Waals surface area contributed by atoms with Crippen molar-refractivity contribution in [2.75, 3.05) is 7.11 Å². The highest BCUT2D eigenvalue weighted by Crippen LogP contribution is 2.63. The van der Waals surface area contributed by atoms with Crippen molar-refractivity contribution in [2.24, 2.45) is 11.3 Å². The zero-order valence-electron chi connectivity index (χ0n) is 15.4. The molecule has 0 saturated heterocycles. The maximum absolute atomic E-state index is 11.8. The molecule has 0 bridgehead atoms. The fraction of sp³-hybridized carbons (Fsp3) is 0.667. The molecule has 0 aliphatic heterocycles. The number of fused-ring (bicyclic) bond motifs is 5. The molecule has 0 spiro atoms. The third kappa shape index (κ3) is 2.33. The molecule has 1 aromatic carbocycles. The smallest absolute Gasteiger partial charge is 0.302 e. The molecule has 0 aromatic heterocycles. The van der Waals surface area contributed by atoms with Gasteiger partial charge in [-0.05, 0) is 73.6 Å². The Balaban J connectivity index is 1.68. The number of ether oxygens (including phenoxy) is 2. The fourth-order valence-corrected chi connectivity index (χ4v) is 6.01. The minimum atomic E-state index is -0.742. The standard InChI is InChI=1S/C21H28O4/c1-13(22)25-19-9-11-21(23)18-7-4-14-12-15(24-3)5-6-16(14)17(18)8-10-20(19,21)2/h5-6,12,17-19,23H,4,7-11H2,1-3H3/t17-,18-,19-,20-,21+/m1/s1. The van der Waals surface area contributed by atoms with E-state index in [0.717, 1.165) is 44.3 Å². The summed E-state index contributed by atoms with van der Waals surface area (Å²) in [6.07, 6.45) is 5.25. The van der Waals surface area contributed by atoms with Crippen LogP contribution in [0.1, 0.15) is 63.0 Å². The van der Waals surface area contributed by atoms with Crippen LogP contribution in [0.2, 0.25) is 0 Å². The van der Waals surface area contributed by atoms with Gasteiger partial charge in [0.15, 0.2) is 0 Å². The number of methoxy groups -OCH3 is 1. The first-order valence-electron chi connectivity index (χ1n) is 9.45. The van der Waals surface area contributed by atoms with Crippen LogP contribution in [0.15, 0.2) is 18.2 Å². The van der Waals surface area contributed by atoms with Crippen LogP contribution in [-0.4, -0.2) is 29.9 Å². The Morgan fingerprint density at radius 2 is 2.04 bits per heavy atom. The number of hydrogen-bond donors (Lipinski definition) is 1. The summed E-state index contributed by atoms with van der Waals surface area (Å²) in [4.78, 5) is 11.5. The largest absolute Gasteiger partial charge is 0.497 e. The van der Waals surface area contributed by atoms with E-state index in [-0.39, 0.29) is 23.4 Å². The number of esters is 1. The first-order valence-corrected chi connectivity index (χ1v) is 9.45. The molecule has 4 rings (SSSR count). The molecule has 5 atom stereocenters. The van der Waals surface area contributed by atoms with Crippen LogP contribution in [0.25, 0.3) is 0 Å². The van der Waals surface area contributed by atoms with Crippen LogP contribution < -0.4 is 4.74 Å². The Morgan fingerprint density at radius 3 is 2.76 bits per heavy atom. The second-order valence-electron chi connectivity index (χ2n) is 8.33. The van der Waals surface area contributed by atoms with Gasteiger partial charge in [0.05, 0.1) is 12.7 Å².